The average Bonchev–Trinajstić information content (AvgIpc) is 3.40. The SMILES string of the molecule is NS(=O)(=O)c1ccc2c(c1)CCN2C(=O)CN(Cc1ccc(F)cc1)C1CC1. The van der Waals surface area contributed by atoms with Crippen LogP contribution in [0.15, 0.2) is 47.4 Å². The van der Waals surface area contributed by atoms with Crippen molar-refractivity contribution in [2.45, 2.75) is 36.7 Å². The molecule has 0 bridgehead atoms. The third kappa shape index (κ3) is 4.09. The largest absolute Gasteiger partial charge is 0.311 e. The molecule has 2 aliphatic rings. The molecule has 0 saturated heterocycles. The number of hydrogen-bond acceptors (Lipinski definition) is 4. The molecule has 1 fully saturated rings. The van der Waals surface area contributed by atoms with Gasteiger partial charge in [0.15, 0.2) is 0 Å². The highest BCUT2D eigenvalue weighted by Gasteiger charge is 2.33. The highest BCUT2D eigenvalue weighted by atomic mass is 32.2. The molecule has 0 unspecified atom stereocenters. The maximum absolute atomic E-state index is 13.1. The summed E-state index contributed by atoms with van der Waals surface area (Å²) in [7, 11) is -3.76. The molecule has 0 aromatic heterocycles. The average molecular weight is 403 g/mol. The number of carbonyl (C=O) groups is 1. The smallest absolute Gasteiger partial charge is 0.241 e. The molecule has 2 aromatic carbocycles. The van der Waals surface area contributed by atoms with Gasteiger partial charge in [0, 0.05) is 24.8 Å². The molecule has 0 radical (unpaired) electrons. The Morgan fingerprint density at radius 3 is 2.54 bits per heavy atom. The molecular formula is C20H22FN3O3S. The van der Waals surface area contributed by atoms with E-state index in [4.69, 9.17) is 5.14 Å². The van der Waals surface area contributed by atoms with Crippen LogP contribution >= 0.6 is 0 Å². The van der Waals surface area contributed by atoms with Crippen LogP contribution in [0.1, 0.15) is 24.0 Å². The van der Waals surface area contributed by atoms with Gasteiger partial charge in [-0.25, -0.2) is 17.9 Å². The van der Waals surface area contributed by atoms with Crippen molar-refractivity contribution >= 4 is 21.6 Å². The number of sulfonamides is 1. The number of carbonyl (C=O) groups excluding carboxylic acids is 1. The summed E-state index contributed by atoms with van der Waals surface area (Å²) in [5.41, 5.74) is 2.53. The molecule has 28 heavy (non-hydrogen) atoms. The summed E-state index contributed by atoms with van der Waals surface area (Å²) >= 11 is 0. The lowest BCUT2D eigenvalue weighted by molar-refractivity contribution is -0.119. The number of amides is 1. The van der Waals surface area contributed by atoms with Gasteiger partial charge in [0.1, 0.15) is 5.82 Å². The number of fused-ring (bicyclic) bond motifs is 1. The summed E-state index contributed by atoms with van der Waals surface area (Å²) in [5, 5.41) is 5.20. The molecule has 1 amide bonds. The number of nitrogens with zero attached hydrogens (tertiary/aromatic N) is 2. The summed E-state index contributed by atoms with van der Waals surface area (Å²) in [6.07, 6.45) is 2.72. The number of rotatable bonds is 6. The van der Waals surface area contributed by atoms with Crippen molar-refractivity contribution in [1.82, 2.24) is 4.90 Å². The van der Waals surface area contributed by atoms with Crippen molar-refractivity contribution in [2.75, 3.05) is 18.0 Å². The Bertz CT molecular complexity index is 1000. The third-order valence-electron chi connectivity index (χ3n) is 5.28. The lowest BCUT2D eigenvalue weighted by Gasteiger charge is -2.25. The Balaban J connectivity index is 1.48. The minimum absolute atomic E-state index is 0.0175. The summed E-state index contributed by atoms with van der Waals surface area (Å²) in [4.78, 5) is 16.9. The second-order valence-corrected chi connectivity index (χ2v) is 8.95. The fraction of sp³-hybridized carbons (Fsp3) is 0.350. The van der Waals surface area contributed by atoms with E-state index in [1.165, 1.54) is 18.2 Å². The Labute approximate surface area is 163 Å². The van der Waals surface area contributed by atoms with Crippen molar-refractivity contribution in [3.8, 4) is 0 Å². The van der Waals surface area contributed by atoms with Crippen LogP contribution in [0.5, 0.6) is 0 Å². The van der Waals surface area contributed by atoms with Crippen molar-refractivity contribution in [3.63, 3.8) is 0 Å². The van der Waals surface area contributed by atoms with Crippen LogP contribution in [0, 0.1) is 5.82 Å². The second-order valence-electron chi connectivity index (χ2n) is 7.39. The molecule has 1 heterocycles. The lowest BCUT2D eigenvalue weighted by atomic mass is 10.2. The first-order valence-corrected chi connectivity index (χ1v) is 10.8. The predicted molar refractivity (Wildman–Crippen MR) is 104 cm³/mol. The van der Waals surface area contributed by atoms with Gasteiger partial charge in [0.05, 0.1) is 11.4 Å². The lowest BCUT2D eigenvalue weighted by Crippen LogP contribution is -2.40. The zero-order valence-corrected chi connectivity index (χ0v) is 16.2. The van der Waals surface area contributed by atoms with Crippen molar-refractivity contribution in [3.05, 3.63) is 59.4 Å². The van der Waals surface area contributed by atoms with E-state index in [0.717, 1.165) is 29.7 Å². The first kappa shape index (κ1) is 19.0. The third-order valence-corrected chi connectivity index (χ3v) is 6.19. The molecule has 8 heteroatoms. The molecule has 1 aliphatic heterocycles. The number of nitrogens with two attached hydrogens (primary N) is 1. The molecule has 148 valence electrons. The normalized spacial score (nSPS) is 16.5. The summed E-state index contributed by atoms with van der Waals surface area (Å²) in [6, 6.07) is 11.4. The van der Waals surface area contributed by atoms with Crippen LogP contribution < -0.4 is 10.0 Å². The molecule has 4 rings (SSSR count). The van der Waals surface area contributed by atoms with Crippen LogP contribution in [0.3, 0.4) is 0 Å². The molecule has 1 saturated carbocycles. The fourth-order valence-electron chi connectivity index (χ4n) is 3.65. The van der Waals surface area contributed by atoms with Crippen LogP contribution in [0.4, 0.5) is 10.1 Å². The first-order chi connectivity index (χ1) is 13.3. The van der Waals surface area contributed by atoms with E-state index in [2.05, 4.69) is 4.90 Å². The van der Waals surface area contributed by atoms with Gasteiger partial charge in [-0.3, -0.25) is 9.69 Å². The number of benzene rings is 2. The fourth-order valence-corrected chi connectivity index (χ4v) is 4.22. The van der Waals surface area contributed by atoms with E-state index in [1.54, 1.807) is 29.2 Å². The van der Waals surface area contributed by atoms with Gasteiger partial charge in [0.25, 0.3) is 0 Å². The van der Waals surface area contributed by atoms with E-state index in [-0.39, 0.29) is 23.2 Å². The molecule has 2 N–H and O–H groups in total. The van der Waals surface area contributed by atoms with Crippen molar-refractivity contribution in [2.24, 2.45) is 5.14 Å². The zero-order valence-electron chi connectivity index (χ0n) is 15.3. The summed E-state index contributed by atoms with van der Waals surface area (Å²) in [5.74, 6) is -0.290. The van der Waals surface area contributed by atoms with Crippen LogP contribution in [-0.4, -0.2) is 38.4 Å². The molecule has 1 aliphatic carbocycles. The monoisotopic (exact) mass is 403 g/mol. The van der Waals surface area contributed by atoms with E-state index in [0.29, 0.717) is 25.6 Å². The molecule has 6 nitrogen and oxygen atoms in total. The second kappa shape index (κ2) is 7.27. The Kier molecular flexibility index (Phi) is 4.95. The molecule has 0 atom stereocenters. The van der Waals surface area contributed by atoms with Gasteiger partial charge in [-0.2, -0.15) is 0 Å². The van der Waals surface area contributed by atoms with E-state index in [9.17, 15) is 17.6 Å². The van der Waals surface area contributed by atoms with Crippen LogP contribution in [-0.2, 0) is 27.8 Å². The molecule has 2 aromatic rings. The van der Waals surface area contributed by atoms with Gasteiger partial charge in [-0.05, 0) is 60.7 Å². The standard InChI is InChI=1S/C20H22FN3O3S/c21-16-3-1-14(2-4-16)12-23(17-5-6-17)13-20(25)24-10-9-15-11-18(28(22,26)27)7-8-19(15)24/h1-4,7-8,11,17H,5-6,9-10,12-13H2,(H2,22,26,27). The minimum atomic E-state index is -3.76. The van der Waals surface area contributed by atoms with E-state index in [1.807, 2.05) is 0 Å². The minimum Gasteiger partial charge on any atom is -0.311 e. The van der Waals surface area contributed by atoms with E-state index >= 15 is 0 Å². The highest BCUT2D eigenvalue weighted by molar-refractivity contribution is 7.89. The number of primary sulfonamides is 1. The Hall–Kier alpha value is -2.29. The summed E-state index contributed by atoms with van der Waals surface area (Å²) in [6.45, 7) is 1.40. The van der Waals surface area contributed by atoms with Gasteiger partial charge in [-0.1, -0.05) is 12.1 Å². The zero-order chi connectivity index (χ0) is 19.9. The number of hydrogen-bond donors (Lipinski definition) is 1. The van der Waals surface area contributed by atoms with Crippen LogP contribution in [0.2, 0.25) is 0 Å². The Morgan fingerprint density at radius 1 is 1.18 bits per heavy atom. The van der Waals surface area contributed by atoms with Gasteiger partial charge in [0.2, 0.25) is 15.9 Å². The number of halogens is 1. The predicted octanol–water partition coefficient (Wildman–Crippen LogP) is 2.03. The van der Waals surface area contributed by atoms with Gasteiger partial charge in [-0.15, -0.1) is 0 Å². The van der Waals surface area contributed by atoms with Crippen molar-refractivity contribution in [1.29, 1.82) is 0 Å². The van der Waals surface area contributed by atoms with Gasteiger partial charge >= 0.3 is 0 Å². The van der Waals surface area contributed by atoms with Gasteiger partial charge < -0.3 is 4.90 Å². The Morgan fingerprint density at radius 2 is 1.89 bits per heavy atom. The topological polar surface area (TPSA) is 83.7 Å². The number of anilines is 1. The maximum Gasteiger partial charge on any atom is 0.241 e. The van der Waals surface area contributed by atoms with Crippen molar-refractivity contribution < 1.29 is 17.6 Å². The molecular weight excluding hydrogens is 381 g/mol. The highest BCUT2D eigenvalue weighted by Crippen LogP contribution is 2.32. The quantitative estimate of drug-likeness (QED) is 0.800. The summed E-state index contributed by atoms with van der Waals surface area (Å²) < 4.78 is 36.2. The van der Waals surface area contributed by atoms with Crippen LogP contribution in [0.25, 0.3) is 0 Å². The molecule has 0 spiro atoms. The maximum atomic E-state index is 13.1. The first-order valence-electron chi connectivity index (χ1n) is 9.26. The van der Waals surface area contributed by atoms with E-state index < -0.39 is 10.0 Å².